The van der Waals surface area contributed by atoms with Gasteiger partial charge in [-0.25, -0.2) is 18.1 Å². The molecule has 1 aliphatic rings. The Bertz CT molecular complexity index is 1470. The molecule has 0 aliphatic carbocycles. The Balaban J connectivity index is 2.04. The van der Waals surface area contributed by atoms with Crippen molar-refractivity contribution in [3.8, 4) is 0 Å². The maximum Gasteiger partial charge on any atom is 0.301 e. The molecule has 11 nitrogen and oxygen atoms in total. The summed E-state index contributed by atoms with van der Waals surface area (Å²) in [6.07, 6.45) is 2.83. The van der Waals surface area contributed by atoms with Gasteiger partial charge in [0, 0.05) is 36.2 Å². The van der Waals surface area contributed by atoms with Crippen molar-refractivity contribution in [2.24, 2.45) is 0 Å². The van der Waals surface area contributed by atoms with E-state index < -0.39 is 26.1 Å². The smallest absolute Gasteiger partial charge is 0.301 e. The van der Waals surface area contributed by atoms with Gasteiger partial charge in [0.2, 0.25) is 10.0 Å². The van der Waals surface area contributed by atoms with Crippen molar-refractivity contribution >= 4 is 60.1 Å². The zero-order valence-corrected chi connectivity index (χ0v) is 19.8. The van der Waals surface area contributed by atoms with Crippen LogP contribution in [0.2, 0.25) is 5.02 Å². The molecule has 176 valence electrons. The van der Waals surface area contributed by atoms with E-state index in [1.807, 2.05) is 4.72 Å². The third-order valence-electron chi connectivity index (χ3n) is 5.04. The Morgan fingerprint density at radius 2 is 2.06 bits per heavy atom. The second-order valence-electron chi connectivity index (χ2n) is 7.56. The van der Waals surface area contributed by atoms with Crippen molar-refractivity contribution in [1.29, 1.82) is 0 Å². The van der Waals surface area contributed by atoms with Crippen molar-refractivity contribution in [2.75, 3.05) is 29.4 Å². The van der Waals surface area contributed by atoms with Crippen LogP contribution >= 0.6 is 11.6 Å². The molecule has 3 aromatic rings. The number of aromatic nitrogens is 2. The number of nitrogens with zero attached hydrogens (tertiary/aromatic N) is 3. The highest BCUT2D eigenvalue weighted by Crippen LogP contribution is 2.38. The number of rotatable bonds is 5. The molecule has 14 heteroatoms. The fourth-order valence-corrected chi connectivity index (χ4v) is 5.76. The number of carbonyl (C=O) groups excluding carboxylic acids is 1. The van der Waals surface area contributed by atoms with Crippen LogP contribution in [0.15, 0.2) is 36.5 Å². The molecule has 0 radical (unpaired) electrons. The van der Waals surface area contributed by atoms with Crippen LogP contribution < -0.4 is 19.5 Å². The number of nitrogen functional groups attached to an aromatic ring is 1. The predicted molar refractivity (Wildman–Crippen MR) is 126 cm³/mol. The van der Waals surface area contributed by atoms with Gasteiger partial charge >= 0.3 is 10.2 Å². The highest BCUT2D eigenvalue weighted by molar-refractivity contribution is 7.91. The molecule has 1 aliphatic heterocycles. The Morgan fingerprint density at radius 3 is 2.73 bits per heavy atom. The summed E-state index contributed by atoms with van der Waals surface area (Å²) in [6, 6.07) is 8.10. The molecule has 0 bridgehead atoms. The van der Waals surface area contributed by atoms with Gasteiger partial charge < -0.3 is 10.3 Å². The van der Waals surface area contributed by atoms with Crippen LogP contribution in [0.1, 0.15) is 22.5 Å². The second kappa shape index (κ2) is 8.48. The third-order valence-corrected chi connectivity index (χ3v) is 7.35. The Hall–Kier alpha value is -2.87. The second-order valence-corrected chi connectivity index (χ2v) is 11.4. The number of carbonyl (C=O) groups is 1. The summed E-state index contributed by atoms with van der Waals surface area (Å²) < 4.78 is 56.5. The van der Waals surface area contributed by atoms with Gasteiger partial charge in [-0.05, 0) is 42.3 Å². The number of anilines is 2. The van der Waals surface area contributed by atoms with E-state index in [1.165, 1.54) is 6.20 Å². The Labute approximate surface area is 195 Å². The lowest BCUT2D eigenvalue weighted by Gasteiger charge is -2.29. The van der Waals surface area contributed by atoms with Crippen LogP contribution in [0.4, 0.5) is 11.5 Å². The summed E-state index contributed by atoms with van der Waals surface area (Å²) in [4.78, 5) is 17.2. The fourth-order valence-electron chi connectivity index (χ4n) is 3.80. The van der Waals surface area contributed by atoms with Crippen LogP contribution in [0.25, 0.3) is 10.9 Å². The molecule has 2 aromatic heterocycles. The maximum atomic E-state index is 13.2. The summed E-state index contributed by atoms with van der Waals surface area (Å²) in [5.74, 6) is -0.709. The van der Waals surface area contributed by atoms with E-state index in [0.717, 1.165) is 10.6 Å². The normalized spacial score (nSPS) is 16.1. The summed E-state index contributed by atoms with van der Waals surface area (Å²) in [7, 11) is -7.92. The average molecular weight is 513 g/mol. The van der Waals surface area contributed by atoms with Crippen LogP contribution in [0.3, 0.4) is 0 Å². The lowest BCUT2D eigenvalue weighted by Crippen LogP contribution is -2.47. The maximum absolute atomic E-state index is 13.2. The van der Waals surface area contributed by atoms with Crippen molar-refractivity contribution in [3.05, 3.63) is 52.8 Å². The minimum absolute atomic E-state index is 0.0443. The molecule has 4 rings (SSSR count). The molecule has 3 heterocycles. The van der Waals surface area contributed by atoms with Gasteiger partial charge in [-0.2, -0.15) is 13.1 Å². The van der Waals surface area contributed by atoms with E-state index >= 15 is 0 Å². The van der Waals surface area contributed by atoms with Gasteiger partial charge in [0.1, 0.15) is 11.5 Å². The van der Waals surface area contributed by atoms with Gasteiger partial charge in [-0.3, -0.25) is 9.10 Å². The van der Waals surface area contributed by atoms with Crippen molar-refractivity contribution < 1.29 is 21.6 Å². The van der Waals surface area contributed by atoms with E-state index in [-0.39, 0.29) is 36.8 Å². The fraction of sp³-hybridized carbons (Fsp3) is 0.263. The zero-order valence-electron chi connectivity index (χ0n) is 17.4. The van der Waals surface area contributed by atoms with Gasteiger partial charge in [0.05, 0.1) is 17.5 Å². The van der Waals surface area contributed by atoms with Crippen molar-refractivity contribution in [1.82, 2.24) is 19.0 Å². The number of nitrogens with two attached hydrogens (primary N) is 1. The summed E-state index contributed by atoms with van der Waals surface area (Å²) in [6.45, 7) is 0.445. The zero-order chi connectivity index (χ0) is 24.0. The molecule has 0 atom stereocenters. The number of sulfonamides is 1. The SMILES string of the molecule is CS(=O)(=O)NC(=O)c1c(N2CCCNS2(=O)=O)c2cc(Cl)ccc2n1Cc1ccnc(N)c1. The number of hydrogen-bond donors (Lipinski definition) is 3. The molecule has 1 amide bonds. The summed E-state index contributed by atoms with van der Waals surface area (Å²) in [5.41, 5.74) is 6.86. The third kappa shape index (κ3) is 4.76. The van der Waals surface area contributed by atoms with E-state index in [4.69, 9.17) is 17.3 Å². The molecular weight excluding hydrogens is 492 g/mol. The number of pyridine rings is 1. The Morgan fingerprint density at radius 1 is 1.30 bits per heavy atom. The number of hydrogen-bond acceptors (Lipinski definition) is 7. The first-order valence-electron chi connectivity index (χ1n) is 9.78. The first-order valence-corrected chi connectivity index (χ1v) is 13.5. The van der Waals surface area contributed by atoms with Gasteiger partial charge in [-0.15, -0.1) is 0 Å². The number of nitrogens with one attached hydrogen (secondary N) is 2. The number of benzene rings is 1. The minimum atomic E-state index is -3.98. The molecule has 1 saturated heterocycles. The predicted octanol–water partition coefficient (Wildman–Crippen LogP) is 1.05. The van der Waals surface area contributed by atoms with Crippen LogP contribution in [0.5, 0.6) is 0 Å². The molecule has 1 aromatic carbocycles. The van der Waals surface area contributed by atoms with E-state index in [0.29, 0.717) is 27.9 Å². The highest BCUT2D eigenvalue weighted by atomic mass is 35.5. The van der Waals surface area contributed by atoms with E-state index in [9.17, 15) is 21.6 Å². The lowest BCUT2D eigenvalue weighted by molar-refractivity contribution is 0.0974. The summed E-state index contributed by atoms with van der Waals surface area (Å²) >= 11 is 6.22. The van der Waals surface area contributed by atoms with Gasteiger partial charge in [0.25, 0.3) is 5.91 Å². The van der Waals surface area contributed by atoms with Crippen LogP contribution in [0, 0.1) is 0 Å². The number of amides is 1. The van der Waals surface area contributed by atoms with E-state index in [2.05, 4.69) is 9.71 Å². The highest BCUT2D eigenvalue weighted by Gasteiger charge is 2.35. The molecule has 0 saturated carbocycles. The van der Waals surface area contributed by atoms with Crippen LogP contribution in [-0.4, -0.2) is 51.6 Å². The first-order chi connectivity index (χ1) is 15.5. The lowest BCUT2D eigenvalue weighted by atomic mass is 10.2. The van der Waals surface area contributed by atoms with Crippen molar-refractivity contribution in [2.45, 2.75) is 13.0 Å². The molecule has 1 fully saturated rings. The molecular formula is C19H21ClN6O5S2. The van der Waals surface area contributed by atoms with E-state index in [1.54, 1.807) is 34.9 Å². The first kappa shape index (κ1) is 23.3. The van der Waals surface area contributed by atoms with Gasteiger partial charge in [0.15, 0.2) is 0 Å². The average Bonchev–Trinajstić information content (AvgIpc) is 2.99. The number of halogens is 1. The standard InChI is InChI=1S/C19H21ClN6O5S2/c1-32(28,29)24-19(27)18-17(26-8-2-6-23-33(26,30)31)14-10-13(20)3-4-15(14)25(18)11-12-5-7-22-16(21)9-12/h3-5,7,9-10,23H,2,6,8,11H2,1H3,(H2,21,22)(H,24,27). The quantitative estimate of drug-likeness (QED) is 0.461. The monoisotopic (exact) mass is 512 g/mol. The molecule has 33 heavy (non-hydrogen) atoms. The minimum Gasteiger partial charge on any atom is -0.384 e. The topological polar surface area (TPSA) is 156 Å². The number of fused-ring (bicyclic) bond motifs is 1. The molecule has 4 N–H and O–H groups in total. The molecule has 0 spiro atoms. The van der Waals surface area contributed by atoms with Crippen molar-refractivity contribution in [3.63, 3.8) is 0 Å². The molecule has 0 unspecified atom stereocenters. The summed E-state index contributed by atoms with van der Waals surface area (Å²) in [5, 5.41) is 0.710. The Kier molecular flexibility index (Phi) is 5.99. The largest absolute Gasteiger partial charge is 0.384 e. The van der Waals surface area contributed by atoms with Gasteiger partial charge in [-0.1, -0.05) is 11.6 Å². The van der Waals surface area contributed by atoms with Crippen LogP contribution in [-0.2, 0) is 26.8 Å².